The van der Waals surface area contributed by atoms with Crippen LogP contribution in [0.25, 0.3) is 0 Å². The lowest BCUT2D eigenvalue weighted by atomic mass is 9.99. The van der Waals surface area contributed by atoms with Crippen molar-refractivity contribution in [1.82, 2.24) is 10.2 Å². The minimum atomic E-state index is -0.796. The van der Waals surface area contributed by atoms with Crippen LogP contribution in [0, 0.1) is 0 Å². The fourth-order valence-corrected chi connectivity index (χ4v) is 2.53. The highest BCUT2D eigenvalue weighted by Crippen LogP contribution is 2.28. The fraction of sp³-hybridized carbons (Fsp3) is 0.429. The Labute approximate surface area is 112 Å². The molecule has 1 saturated heterocycles. The summed E-state index contributed by atoms with van der Waals surface area (Å²) in [6.07, 6.45) is 1.03. The maximum Gasteiger partial charge on any atom is 0.318 e. The second-order valence-corrected chi connectivity index (χ2v) is 4.92. The number of amides is 3. The number of urea groups is 1. The number of nitrogens with one attached hydrogen (secondary N) is 1. The van der Waals surface area contributed by atoms with Crippen molar-refractivity contribution in [3.8, 4) is 0 Å². The van der Waals surface area contributed by atoms with Gasteiger partial charge in [-0.1, -0.05) is 30.3 Å². The number of benzene rings is 1. The fourth-order valence-electron chi connectivity index (χ4n) is 2.53. The van der Waals surface area contributed by atoms with E-state index in [0.29, 0.717) is 5.92 Å². The van der Waals surface area contributed by atoms with Crippen LogP contribution in [0.5, 0.6) is 0 Å². The second-order valence-electron chi connectivity index (χ2n) is 4.92. The van der Waals surface area contributed by atoms with Crippen molar-refractivity contribution in [2.45, 2.75) is 25.3 Å². The Hall–Kier alpha value is -1.88. The number of nitrogens with zero attached hydrogens (tertiary/aromatic N) is 1. The van der Waals surface area contributed by atoms with Crippen LogP contribution >= 0.6 is 0 Å². The smallest absolute Gasteiger partial charge is 0.318 e. The first-order valence-electron chi connectivity index (χ1n) is 6.47. The zero-order valence-electron chi connectivity index (χ0n) is 11.0. The van der Waals surface area contributed by atoms with Gasteiger partial charge < -0.3 is 5.73 Å². The number of primary amides is 1. The lowest BCUT2D eigenvalue weighted by Crippen LogP contribution is -2.47. The van der Waals surface area contributed by atoms with Gasteiger partial charge in [0, 0.05) is 6.54 Å². The van der Waals surface area contributed by atoms with Gasteiger partial charge in [0.25, 0.3) is 0 Å². The van der Waals surface area contributed by atoms with Gasteiger partial charge >= 0.3 is 6.03 Å². The standard InChI is InChI=1S/C14H19N3O2/c1-10(13(18)16-14(15)19)17-8-7-12(9-17)11-5-3-2-4-6-11/h2-6,10,12H,7-9H2,1H3,(H3,15,16,18,19). The quantitative estimate of drug-likeness (QED) is 0.854. The van der Waals surface area contributed by atoms with Crippen molar-refractivity contribution in [2.24, 2.45) is 5.73 Å². The number of hydrogen-bond acceptors (Lipinski definition) is 3. The molecule has 2 atom stereocenters. The third-order valence-electron chi connectivity index (χ3n) is 3.66. The van der Waals surface area contributed by atoms with Crippen LogP contribution in [0.15, 0.2) is 30.3 Å². The highest BCUT2D eigenvalue weighted by Gasteiger charge is 2.30. The first-order chi connectivity index (χ1) is 9.08. The van der Waals surface area contributed by atoms with Crippen LogP contribution < -0.4 is 11.1 Å². The third-order valence-corrected chi connectivity index (χ3v) is 3.66. The number of rotatable bonds is 3. The van der Waals surface area contributed by atoms with Gasteiger partial charge in [-0.3, -0.25) is 15.0 Å². The Kier molecular flexibility index (Phi) is 4.16. The normalized spacial score (nSPS) is 21.0. The van der Waals surface area contributed by atoms with Crippen LogP contribution in [-0.2, 0) is 4.79 Å². The molecule has 3 N–H and O–H groups in total. The van der Waals surface area contributed by atoms with Gasteiger partial charge in [-0.05, 0) is 31.4 Å². The van der Waals surface area contributed by atoms with Crippen LogP contribution in [-0.4, -0.2) is 36.0 Å². The number of likely N-dealkylation sites (tertiary alicyclic amines) is 1. The summed E-state index contributed by atoms with van der Waals surface area (Å²) < 4.78 is 0. The molecule has 1 aromatic carbocycles. The summed E-state index contributed by atoms with van der Waals surface area (Å²) in [7, 11) is 0. The first kappa shape index (κ1) is 13.5. The van der Waals surface area contributed by atoms with Crippen molar-refractivity contribution in [1.29, 1.82) is 0 Å². The lowest BCUT2D eigenvalue weighted by Gasteiger charge is -2.22. The first-order valence-corrected chi connectivity index (χ1v) is 6.47. The van der Waals surface area contributed by atoms with E-state index in [9.17, 15) is 9.59 Å². The molecule has 0 aliphatic carbocycles. The van der Waals surface area contributed by atoms with Crippen molar-refractivity contribution in [3.63, 3.8) is 0 Å². The molecule has 102 valence electrons. The van der Waals surface area contributed by atoms with Gasteiger partial charge in [0.1, 0.15) is 0 Å². The number of carbonyl (C=O) groups is 2. The van der Waals surface area contributed by atoms with Crippen LogP contribution in [0.3, 0.4) is 0 Å². The van der Waals surface area contributed by atoms with E-state index in [-0.39, 0.29) is 11.9 Å². The SMILES string of the molecule is CC(C(=O)NC(N)=O)N1CCC(c2ccccc2)C1. The van der Waals surface area contributed by atoms with Crippen molar-refractivity contribution in [2.75, 3.05) is 13.1 Å². The Morgan fingerprint density at radius 3 is 2.68 bits per heavy atom. The summed E-state index contributed by atoms with van der Waals surface area (Å²) >= 11 is 0. The maximum absolute atomic E-state index is 11.7. The average molecular weight is 261 g/mol. The largest absolute Gasteiger partial charge is 0.351 e. The molecule has 1 heterocycles. The predicted octanol–water partition coefficient (Wildman–Crippen LogP) is 1.06. The van der Waals surface area contributed by atoms with Gasteiger partial charge in [-0.25, -0.2) is 4.79 Å². The number of nitrogens with two attached hydrogens (primary N) is 1. The summed E-state index contributed by atoms with van der Waals surface area (Å²) in [4.78, 5) is 24.5. The van der Waals surface area contributed by atoms with Gasteiger partial charge in [0.15, 0.2) is 0 Å². The van der Waals surface area contributed by atoms with Crippen molar-refractivity contribution < 1.29 is 9.59 Å². The highest BCUT2D eigenvalue weighted by molar-refractivity contribution is 5.96. The Morgan fingerprint density at radius 1 is 1.37 bits per heavy atom. The van der Waals surface area contributed by atoms with Crippen LogP contribution in [0.4, 0.5) is 4.79 Å². The molecule has 1 fully saturated rings. The predicted molar refractivity (Wildman–Crippen MR) is 72.6 cm³/mol. The van der Waals surface area contributed by atoms with E-state index >= 15 is 0 Å². The monoisotopic (exact) mass is 261 g/mol. The van der Waals surface area contributed by atoms with Crippen molar-refractivity contribution in [3.05, 3.63) is 35.9 Å². The summed E-state index contributed by atoms with van der Waals surface area (Å²) in [5.74, 6) is 0.117. The molecule has 0 aromatic heterocycles. The second kappa shape index (κ2) is 5.84. The molecule has 0 radical (unpaired) electrons. The van der Waals surface area contributed by atoms with E-state index in [1.165, 1.54) is 5.56 Å². The van der Waals surface area contributed by atoms with E-state index in [0.717, 1.165) is 19.5 Å². The highest BCUT2D eigenvalue weighted by atomic mass is 16.2. The molecule has 1 aromatic rings. The van der Waals surface area contributed by atoms with Crippen LogP contribution in [0.1, 0.15) is 24.8 Å². The van der Waals surface area contributed by atoms with Gasteiger partial charge in [-0.2, -0.15) is 0 Å². The molecule has 0 bridgehead atoms. The number of hydrogen-bond donors (Lipinski definition) is 2. The molecule has 3 amide bonds. The molecule has 19 heavy (non-hydrogen) atoms. The van der Waals surface area contributed by atoms with Crippen LogP contribution in [0.2, 0.25) is 0 Å². The summed E-state index contributed by atoms with van der Waals surface area (Å²) in [5.41, 5.74) is 6.26. The van der Waals surface area contributed by atoms with E-state index in [1.807, 2.05) is 18.2 Å². The van der Waals surface area contributed by atoms with Gasteiger partial charge in [0.05, 0.1) is 6.04 Å². The Bertz CT molecular complexity index is 461. The zero-order valence-corrected chi connectivity index (χ0v) is 11.0. The Morgan fingerprint density at radius 2 is 2.05 bits per heavy atom. The van der Waals surface area contributed by atoms with E-state index in [2.05, 4.69) is 22.3 Å². The molecular weight excluding hydrogens is 242 g/mol. The minimum absolute atomic E-state index is 0.332. The Balaban J connectivity index is 1.95. The van der Waals surface area contributed by atoms with Crippen molar-refractivity contribution >= 4 is 11.9 Å². The molecule has 0 spiro atoms. The molecule has 1 aliphatic heterocycles. The minimum Gasteiger partial charge on any atom is -0.351 e. The average Bonchev–Trinajstić information content (AvgIpc) is 2.87. The summed E-state index contributed by atoms with van der Waals surface area (Å²) in [5, 5.41) is 2.13. The lowest BCUT2D eigenvalue weighted by molar-refractivity contribution is -0.124. The molecule has 1 aliphatic rings. The summed E-state index contributed by atoms with van der Waals surface area (Å²) in [6.45, 7) is 3.48. The molecule has 2 rings (SSSR count). The van der Waals surface area contributed by atoms with Gasteiger partial charge in [0.2, 0.25) is 5.91 Å². The van der Waals surface area contributed by atoms with Gasteiger partial charge in [-0.15, -0.1) is 0 Å². The van der Waals surface area contributed by atoms with E-state index < -0.39 is 6.03 Å². The topological polar surface area (TPSA) is 75.4 Å². The molecular formula is C14H19N3O2. The maximum atomic E-state index is 11.7. The third kappa shape index (κ3) is 3.32. The number of carbonyl (C=O) groups excluding carboxylic acids is 2. The summed E-state index contributed by atoms with van der Waals surface area (Å²) in [6, 6.07) is 9.16. The van der Waals surface area contributed by atoms with E-state index in [4.69, 9.17) is 5.73 Å². The molecule has 5 heteroatoms. The van der Waals surface area contributed by atoms with E-state index in [1.54, 1.807) is 6.92 Å². The molecule has 2 unspecified atom stereocenters. The zero-order chi connectivity index (χ0) is 13.8. The molecule has 5 nitrogen and oxygen atoms in total. The number of imide groups is 1. The molecule has 0 saturated carbocycles.